The average molecular weight is 239 g/mol. The summed E-state index contributed by atoms with van der Waals surface area (Å²) in [5.41, 5.74) is -0.448. The first-order chi connectivity index (χ1) is 7.78. The first-order valence-corrected chi connectivity index (χ1v) is 6.28. The van der Waals surface area contributed by atoms with Crippen molar-refractivity contribution in [2.75, 3.05) is 13.1 Å². The highest BCUT2D eigenvalue weighted by atomic mass is 16.6. The van der Waals surface area contributed by atoms with Crippen LogP contribution in [0.15, 0.2) is 0 Å². The largest absolute Gasteiger partial charge is 0.444 e. The van der Waals surface area contributed by atoms with E-state index in [4.69, 9.17) is 4.74 Å². The molecule has 3 atom stereocenters. The third-order valence-corrected chi connectivity index (χ3v) is 3.76. The topological polar surface area (TPSA) is 46.6 Å². The predicted molar refractivity (Wildman–Crippen MR) is 63.6 cm³/mol. The van der Waals surface area contributed by atoms with Crippen molar-refractivity contribution in [1.82, 2.24) is 4.90 Å². The van der Waals surface area contributed by atoms with E-state index in [1.165, 1.54) is 0 Å². The molecular weight excluding hydrogens is 218 g/mol. The number of carbonyl (C=O) groups excluding carboxylic acids is 2. The molecule has 96 valence electrons. The third kappa shape index (κ3) is 2.45. The van der Waals surface area contributed by atoms with Crippen LogP contribution in [0.5, 0.6) is 0 Å². The Morgan fingerprint density at radius 2 is 2.00 bits per heavy atom. The van der Waals surface area contributed by atoms with Gasteiger partial charge in [-0.15, -0.1) is 0 Å². The van der Waals surface area contributed by atoms with Crippen molar-refractivity contribution in [1.29, 1.82) is 0 Å². The highest BCUT2D eigenvalue weighted by Crippen LogP contribution is 2.40. The van der Waals surface area contributed by atoms with Crippen molar-refractivity contribution in [2.45, 2.75) is 39.7 Å². The second-order valence-corrected chi connectivity index (χ2v) is 6.27. The molecule has 0 radical (unpaired) electrons. The molecule has 0 aromatic carbocycles. The minimum absolute atomic E-state index is 0.104. The number of rotatable bonds is 0. The molecule has 1 saturated heterocycles. The van der Waals surface area contributed by atoms with E-state index >= 15 is 0 Å². The van der Waals surface area contributed by atoms with Crippen LogP contribution in [0.25, 0.3) is 0 Å². The first kappa shape index (κ1) is 12.4. The molecular formula is C13H21NO3. The number of Topliss-reactive ketones (excluding diaryl/α,β-unsaturated/α-hetero) is 1. The van der Waals surface area contributed by atoms with Gasteiger partial charge >= 0.3 is 6.09 Å². The summed E-state index contributed by atoms with van der Waals surface area (Å²) in [6.07, 6.45) is 0.386. The molecule has 4 nitrogen and oxygen atoms in total. The number of hydrogen-bond acceptors (Lipinski definition) is 3. The Bertz CT molecular complexity index is 345. The van der Waals surface area contributed by atoms with Gasteiger partial charge in [-0.25, -0.2) is 4.79 Å². The van der Waals surface area contributed by atoms with E-state index in [1.807, 2.05) is 27.7 Å². The van der Waals surface area contributed by atoms with Crippen LogP contribution in [0.4, 0.5) is 4.79 Å². The summed E-state index contributed by atoms with van der Waals surface area (Å²) in [6.45, 7) is 8.93. The van der Waals surface area contributed by atoms with Gasteiger partial charge in [0.2, 0.25) is 0 Å². The molecule has 1 saturated carbocycles. The maximum atomic E-state index is 11.9. The highest BCUT2D eigenvalue weighted by Gasteiger charge is 2.47. The second kappa shape index (κ2) is 4.00. The summed E-state index contributed by atoms with van der Waals surface area (Å²) in [6, 6.07) is 0. The number of likely N-dealkylation sites (tertiary alicyclic amines) is 1. The van der Waals surface area contributed by atoms with E-state index in [0.29, 0.717) is 37.1 Å². The summed E-state index contributed by atoms with van der Waals surface area (Å²) in [5.74, 6) is 1.15. The Morgan fingerprint density at radius 3 is 2.53 bits per heavy atom. The van der Waals surface area contributed by atoms with Crippen LogP contribution < -0.4 is 0 Å². The van der Waals surface area contributed by atoms with Gasteiger partial charge < -0.3 is 9.64 Å². The minimum Gasteiger partial charge on any atom is -0.444 e. The van der Waals surface area contributed by atoms with Crippen LogP contribution in [-0.4, -0.2) is 35.5 Å². The van der Waals surface area contributed by atoms with E-state index in [9.17, 15) is 9.59 Å². The van der Waals surface area contributed by atoms with Gasteiger partial charge in [-0.3, -0.25) is 4.79 Å². The quantitative estimate of drug-likeness (QED) is 0.650. The summed E-state index contributed by atoms with van der Waals surface area (Å²) in [5, 5.41) is 0. The van der Waals surface area contributed by atoms with Crippen LogP contribution in [-0.2, 0) is 9.53 Å². The third-order valence-electron chi connectivity index (χ3n) is 3.76. The van der Waals surface area contributed by atoms with Gasteiger partial charge in [0.05, 0.1) is 0 Å². The Kier molecular flexibility index (Phi) is 2.92. The zero-order chi connectivity index (χ0) is 12.8. The molecule has 1 amide bonds. The minimum atomic E-state index is -0.448. The molecule has 1 aliphatic heterocycles. The molecule has 0 bridgehead atoms. The molecule has 0 N–H and O–H groups in total. The molecule has 2 rings (SSSR count). The van der Waals surface area contributed by atoms with Gasteiger partial charge in [0, 0.05) is 25.4 Å². The first-order valence-electron chi connectivity index (χ1n) is 6.28. The number of ether oxygens (including phenoxy) is 1. The van der Waals surface area contributed by atoms with Crippen molar-refractivity contribution in [3.05, 3.63) is 0 Å². The van der Waals surface area contributed by atoms with Gasteiger partial charge in [0.15, 0.2) is 0 Å². The molecule has 1 aliphatic carbocycles. The fourth-order valence-electron chi connectivity index (χ4n) is 2.84. The van der Waals surface area contributed by atoms with Crippen molar-refractivity contribution in [2.24, 2.45) is 17.8 Å². The molecule has 0 aromatic rings. The van der Waals surface area contributed by atoms with Gasteiger partial charge in [-0.1, -0.05) is 6.92 Å². The van der Waals surface area contributed by atoms with Gasteiger partial charge in [-0.2, -0.15) is 0 Å². The van der Waals surface area contributed by atoms with Crippen LogP contribution in [0, 0.1) is 17.8 Å². The smallest absolute Gasteiger partial charge is 0.410 e. The van der Waals surface area contributed by atoms with Crippen LogP contribution >= 0.6 is 0 Å². The molecule has 0 aromatic heterocycles. The lowest BCUT2D eigenvalue weighted by molar-refractivity contribution is -0.121. The Morgan fingerprint density at radius 1 is 1.35 bits per heavy atom. The highest BCUT2D eigenvalue weighted by molar-refractivity contribution is 5.84. The molecule has 2 fully saturated rings. The van der Waals surface area contributed by atoms with E-state index in [-0.39, 0.29) is 12.0 Å². The molecule has 1 heterocycles. The second-order valence-electron chi connectivity index (χ2n) is 6.27. The fraction of sp³-hybridized carbons (Fsp3) is 0.846. The monoisotopic (exact) mass is 239 g/mol. The SMILES string of the molecule is CC1C(=O)CC2CN(C(=O)OC(C)(C)C)CC21. The molecule has 2 aliphatic rings. The Labute approximate surface area is 102 Å². The maximum Gasteiger partial charge on any atom is 0.410 e. The summed E-state index contributed by atoms with van der Waals surface area (Å²) in [4.78, 5) is 25.2. The Hall–Kier alpha value is -1.06. The van der Waals surface area contributed by atoms with Crippen LogP contribution in [0.1, 0.15) is 34.1 Å². The van der Waals surface area contributed by atoms with Crippen molar-refractivity contribution in [3.8, 4) is 0 Å². The maximum absolute atomic E-state index is 11.9. The lowest BCUT2D eigenvalue weighted by atomic mass is 9.94. The van der Waals surface area contributed by atoms with Crippen LogP contribution in [0.2, 0.25) is 0 Å². The summed E-state index contributed by atoms with van der Waals surface area (Å²) >= 11 is 0. The van der Waals surface area contributed by atoms with E-state index in [1.54, 1.807) is 4.90 Å². The zero-order valence-corrected chi connectivity index (χ0v) is 11.0. The molecule has 17 heavy (non-hydrogen) atoms. The standard InChI is InChI=1S/C13H21NO3/c1-8-10-7-14(6-9(10)5-11(8)15)12(16)17-13(2,3)4/h8-10H,5-7H2,1-4H3. The number of amides is 1. The summed E-state index contributed by atoms with van der Waals surface area (Å²) in [7, 11) is 0. The van der Waals surface area contributed by atoms with Gasteiger partial charge in [-0.05, 0) is 32.6 Å². The number of fused-ring (bicyclic) bond motifs is 1. The van der Waals surface area contributed by atoms with E-state index in [2.05, 4.69) is 0 Å². The lowest BCUT2D eigenvalue weighted by Gasteiger charge is -2.25. The molecule has 0 spiro atoms. The molecule has 4 heteroatoms. The van der Waals surface area contributed by atoms with Crippen molar-refractivity contribution in [3.63, 3.8) is 0 Å². The van der Waals surface area contributed by atoms with Crippen molar-refractivity contribution < 1.29 is 14.3 Å². The number of hydrogen-bond donors (Lipinski definition) is 0. The van der Waals surface area contributed by atoms with Crippen molar-refractivity contribution >= 4 is 11.9 Å². The van der Waals surface area contributed by atoms with E-state index < -0.39 is 5.60 Å². The van der Waals surface area contributed by atoms with Gasteiger partial charge in [0.1, 0.15) is 11.4 Å². The van der Waals surface area contributed by atoms with E-state index in [0.717, 1.165) is 0 Å². The summed E-state index contributed by atoms with van der Waals surface area (Å²) < 4.78 is 5.35. The zero-order valence-electron chi connectivity index (χ0n) is 11.0. The number of nitrogens with zero attached hydrogens (tertiary/aromatic N) is 1. The lowest BCUT2D eigenvalue weighted by Crippen LogP contribution is -2.36. The predicted octanol–water partition coefficient (Wildman–Crippen LogP) is 2.08. The number of carbonyl (C=O) groups is 2. The van der Waals surface area contributed by atoms with Crippen LogP contribution in [0.3, 0.4) is 0 Å². The Balaban J connectivity index is 1.96. The van der Waals surface area contributed by atoms with Gasteiger partial charge in [0.25, 0.3) is 0 Å². The molecule has 3 unspecified atom stereocenters. The normalized spacial score (nSPS) is 32.8. The average Bonchev–Trinajstić information content (AvgIpc) is 2.66. The number of ketones is 1. The fourth-order valence-corrected chi connectivity index (χ4v) is 2.84.